The minimum Gasteiger partial charge on any atom is -0.508 e. The number of carbonyl (C=O) groups excluding carboxylic acids is 3. The van der Waals surface area contributed by atoms with Crippen LogP contribution < -0.4 is 36.6 Å². The van der Waals surface area contributed by atoms with Crippen LogP contribution in [0.25, 0.3) is 0 Å². The van der Waals surface area contributed by atoms with E-state index in [1.54, 1.807) is 24.3 Å². The van der Waals surface area contributed by atoms with E-state index in [2.05, 4.69) is 36.6 Å². The van der Waals surface area contributed by atoms with Crippen molar-refractivity contribution in [3.63, 3.8) is 0 Å². The summed E-state index contributed by atoms with van der Waals surface area (Å²) in [4.78, 5) is 35.2. The van der Waals surface area contributed by atoms with Crippen molar-refractivity contribution in [2.75, 3.05) is 26.6 Å². The summed E-state index contributed by atoms with van der Waals surface area (Å²) in [6.45, 7) is 0. The summed E-state index contributed by atoms with van der Waals surface area (Å²) < 4.78 is 39.8. The van der Waals surface area contributed by atoms with Crippen LogP contribution in [-0.2, 0) is 0 Å². The topological polar surface area (TPSA) is 278 Å². The van der Waals surface area contributed by atoms with E-state index in [-0.39, 0.29) is 63.6 Å². The molecular formula is C41H40F3N7O10. The Balaban J connectivity index is 0.000000203. The number of anilines is 5. The van der Waals surface area contributed by atoms with Gasteiger partial charge in [0, 0.05) is 35.6 Å². The molecule has 0 radical (unpaired) electrons. The molecule has 0 heterocycles. The molecule has 0 unspecified atom stereocenters. The maximum atomic E-state index is 12.0. The van der Waals surface area contributed by atoms with Crippen molar-refractivity contribution < 1.29 is 62.9 Å². The van der Waals surface area contributed by atoms with Crippen LogP contribution in [0.5, 0.6) is 40.2 Å². The lowest BCUT2D eigenvalue weighted by Gasteiger charge is -2.22. The van der Waals surface area contributed by atoms with Crippen molar-refractivity contribution in [1.29, 1.82) is 5.26 Å². The second kappa shape index (κ2) is 21.5. The smallest absolute Gasteiger partial charge is 0.508 e. The van der Waals surface area contributed by atoms with E-state index in [1.807, 2.05) is 6.07 Å². The monoisotopic (exact) mass is 847 g/mol. The Hall–Kier alpha value is -8.21. The number of nitriles is 1. The quantitative estimate of drug-likeness (QED) is 0.0543. The van der Waals surface area contributed by atoms with Crippen molar-refractivity contribution in [2.24, 2.45) is 0 Å². The molecule has 17 nitrogen and oxygen atoms in total. The van der Waals surface area contributed by atoms with Crippen LogP contribution in [0.2, 0.25) is 0 Å². The number of ether oxygens (including phenoxy) is 1. The van der Waals surface area contributed by atoms with Crippen molar-refractivity contribution in [1.82, 2.24) is 5.32 Å². The van der Waals surface area contributed by atoms with Crippen LogP contribution in [0, 0.1) is 11.3 Å². The third kappa shape index (κ3) is 15.9. The third-order valence-electron chi connectivity index (χ3n) is 8.25. The van der Waals surface area contributed by atoms with Crippen molar-refractivity contribution in [3.8, 4) is 46.3 Å². The van der Waals surface area contributed by atoms with Crippen LogP contribution in [0.15, 0.2) is 103 Å². The van der Waals surface area contributed by atoms with Gasteiger partial charge in [0.05, 0.1) is 28.7 Å². The molecule has 0 aliphatic heterocycles. The molecule has 1 fully saturated rings. The average molecular weight is 848 g/mol. The van der Waals surface area contributed by atoms with Crippen LogP contribution in [0.4, 0.5) is 56.0 Å². The molecule has 0 aromatic heterocycles. The summed E-state index contributed by atoms with van der Waals surface area (Å²) in [5, 5.41) is 79.8. The molecule has 0 atom stereocenters. The average Bonchev–Trinajstić information content (AvgIpc) is 3.19. The standard InChI is InChI=1S/C14H11F3N2O4.C14H11N3O3.C13H18N2O3/c15-14(16,17)23-10-4-1-8(2-5-10)18-13(22)19-11-6-3-9(20)7-12(11)21;15-8-9-1-3-10(4-2-9)16-14(20)17-12-6-5-11(18)7-13(12)19;16-10-6-7-11(12(17)8-10)15-13(18)14-9-4-2-1-3-5-9/h1-7,20-21H,(H2,18,19,22);1-7,18-19H,(H2,16,17,20);6-9,16-17H,1-5H2,(H2,14,15,18). The fourth-order valence-corrected chi connectivity index (χ4v) is 5.41. The van der Waals surface area contributed by atoms with E-state index in [9.17, 15) is 42.9 Å². The largest absolute Gasteiger partial charge is 0.573 e. The first kappa shape index (κ1) is 45.5. The summed E-state index contributed by atoms with van der Waals surface area (Å²) >= 11 is 0. The van der Waals surface area contributed by atoms with Gasteiger partial charge in [-0.1, -0.05) is 19.3 Å². The Morgan fingerprint density at radius 2 is 0.951 bits per heavy atom. The number of nitrogens with one attached hydrogen (secondary N) is 6. The number of hydrogen-bond acceptors (Lipinski definition) is 11. The molecule has 0 spiro atoms. The van der Waals surface area contributed by atoms with Gasteiger partial charge >= 0.3 is 24.5 Å². The van der Waals surface area contributed by atoms with Crippen molar-refractivity contribution in [2.45, 2.75) is 44.5 Å². The Labute approximate surface area is 345 Å². The summed E-state index contributed by atoms with van der Waals surface area (Å²) in [5.41, 5.74) is 1.74. The number of amides is 6. The number of benzene rings is 5. The lowest BCUT2D eigenvalue weighted by Crippen LogP contribution is -2.39. The first-order valence-electron chi connectivity index (χ1n) is 18.1. The van der Waals surface area contributed by atoms with Gasteiger partial charge in [0.15, 0.2) is 0 Å². The van der Waals surface area contributed by atoms with Gasteiger partial charge in [-0.2, -0.15) is 5.26 Å². The number of alkyl halides is 3. The van der Waals surface area contributed by atoms with E-state index in [0.717, 1.165) is 49.9 Å². The van der Waals surface area contributed by atoms with E-state index in [1.165, 1.54) is 61.0 Å². The third-order valence-corrected chi connectivity index (χ3v) is 8.25. The molecule has 12 N–H and O–H groups in total. The van der Waals surface area contributed by atoms with E-state index in [4.69, 9.17) is 20.6 Å². The molecule has 5 aromatic rings. The molecule has 1 aliphatic carbocycles. The van der Waals surface area contributed by atoms with Crippen molar-refractivity contribution >= 4 is 46.5 Å². The summed E-state index contributed by atoms with van der Waals surface area (Å²) in [6.07, 6.45) is 0.760. The molecule has 0 saturated heterocycles. The van der Waals surface area contributed by atoms with Gasteiger partial charge in [-0.05, 0) is 97.8 Å². The Morgan fingerprint density at radius 1 is 0.557 bits per heavy atom. The molecule has 6 amide bonds. The SMILES string of the molecule is N#Cc1ccc(NC(=O)Nc2ccc(O)cc2O)cc1.O=C(Nc1ccc(O)cc1O)NC1CCCCC1.O=C(Nc1ccc(OC(F)(F)F)cc1)Nc1ccc(O)cc1O. The number of phenolic OH excluding ortho intramolecular Hbond substituents is 6. The van der Waals surface area contributed by atoms with Crippen LogP contribution >= 0.6 is 0 Å². The zero-order chi connectivity index (χ0) is 44.5. The van der Waals surface area contributed by atoms with E-state index in [0.29, 0.717) is 16.9 Å². The predicted octanol–water partition coefficient (Wildman–Crippen LogP) is 8.81. The number of rotatable bonds is 7. The zero-order valence-electron chi connectivity index (χ0n) is 31.8. The van der Waals surface area contributed by atoms with Gasteiger partial charge in [-0.15, -0.1) is 13.2 Å². The van der Waals surface area contributed by atoms with Crippen molar-refractivity contribution in [3.05, 3.63) is 109 Å². The molecule has 320 valence electrons. The zero-order valence-corrected chi connectivity index (χ0v) is 31.8. The first-order chi connectivity index (χ1) is 29.0. The maximum absolute atomic E-state index is 12.0. The molecule has 1 aliphatic rings. The molecule has 61 heavy (non-hydrogen) atoms. The fourth-order valence-electron chi connectivity index (χ4n) is 5.41. The molecule has 1 saturated carbocycles. The highest BCUT2D eigenvalue weighted by atomic mass is 19.4. The van der Waals surface area contributed by atoms with Crippen LogP contribution in [0.3, 0.4) is 0 Å². The Bertz CT molecular complexity index is 2320. The number of hydrogen-bond donors (Lipinski definition) is 12. The van der Waals surface area contributed by atoms with Gasteiger partial charge in [0.2, 0.25) is 0 Å². The van der Waals surface area contributed by atoms with Gasteiger partial charge in [-0.3, -0.25) is 0 Å². The van der Waals surface area contributed by atoms with Gasteiger partial charge in [0.1, 0.15) is 40.2 Å². The number of halogens is 3. The Morgan fingerprint density at radius 3 is 1.33 bits per heavy atom. The van der Waals surface area contributed by atoms with Crippen LogP contribution in [0.1, 0.15) is 37.7 Å². The molecule has 0 bridgehead atoms. The lowest BCUT2D eigenvalue weighted by molar-refractivity contribution is -0.274. The highest BCUT2D eigenvalue weighted by molar-refractivity contribution is 6.01. The molecule has 5 aromatic carbocycles. The van der Waals surface area contributed by atoms with Crippen LogP contribution in [-0.4, -0.2) is 61.1 Å². The minimum absolute atomic E-state index is 0.0364. The fraction of sp³-hybridized carbons (Fsp3) is 0.171. The second-order valence-corrected chi connectivity index (χ2v) is 13.0. The van der Waals surface area contributed by atoms with Gasteiger partial charge in [-0.25, -0.2) is 14.4 Å². The molecular weight excluding hydrogens is 807 g/mol. The number of aromatic hydroxyl groups is 6. The predicted molar refractivity (Wildman–Crippen MR) is 218 cm³/mol. The van der Waals surface area contributed by atoms with Gasteiger partial charge in [0.25, 0.3) is 0 Å². The summed E-state index contributed by atoms with van der Waals surface area (Å²) in [6, 6.07) is 23.0. The summed E-state index contributed by atoms with van der Waals surface area (Å²) in [7, 11) is 0. The number of phenols is 6. The van der Waals surface area contributed by atoms with Gasteiger partial charge < -0.3 is 67.3 Å². The molecule has 20 heteroatoms. The maximum Gasteiger partial charge on any atom is 0.573 e. The van der Waals surface area contributed by atoms with E-state index >= 15 is 0 Å². The Kier molecular flexibility index (Phi) is 16.0. The normalized spacial score (nSPS) is 12.0. The summed E-state index contributed by atoms with van der Waals surface area (Å²) in [5.74, 6) is -1.44. The second-order valence-electron chi connectivity index (χ2n) is 13.0. The first-order valence-corrected chi connectivity index (χ1v) is 18.1. The van der Waals surface area contributed by atoms with E-state index < -0.39 is 24.2 Å². The lowest BCUT2D eigenvalue weighted by atomic mass is 9.96. The number of carbonyl (C=O) groups is 3. The highest BCUT2D eigenvalue weighted by Crippen LogP contribution is 2.30. The highest BCUT2D eigenvalue weighted by Gasteiger charge is 2.31. The molecule has 6 rings (SSSR count). The number of nitrogens with zero attached hydrogens (tertiary/aromatic N) is 1. The minimum atomic E-state index is -4.79. The number of urea groups is 3.